The van der Waals surface area contributed by atoms with Gasteiger partial charge in [0.2, 0.25) is 0 Å². The minimum absolute atomic E-state index is 0.0590. The molecule has 2 amide bonds. The van der Waals surface area contributed by atoms with Gasteiger partial charge >= 0.3 is 0 Å². The highest BCUT2D eigenvalue weighted by Crippen LogP contribution is 2.31. The van der Waals surface area contributed by atoms with Crippen LogP contribution in [0.2, 0.25) is 10.0 Å². The summed E-state index contributed by atoms with van der Waals surface area (Å²) in [4.78, 5) is 28.7. The van der Waals surface area contributed by atoms with Crippen molar-refractivity contribution in [3.8, 4) is 5.82 Å². The van der Waals surface area contributed by atoms with E-state index in [2.05, 4.69) is 47.3 Å². The molecule has 3 aromatic rings. The molecule has 1 aromatic carbocycles. The predicted molar refractivity (Wildman–Crippen MR) is 110 cm³/mol. The average molecular weight is 534 g/mol. The molecule has 3 N–H and O–H groups in total. The maximum atomic E-state index is 12.9. The van der Waals surface area contributed by atoms with Crippen LogP contribution in [-0.4, -0.2) is 26.6 Å². The molecule has 27 heavy (non-hydrogen) atoms. The molecule has 0 bridgehead atoms. The van der Waals surface area contributed by atoms with Crippen LogP contribution < -0.4 is 11.1 Å². The summed E-state index contributed by atoms with van der Waals surface area (Å²) in [6.45, 7) is 0. The van der Waals surface area contributed by atoms with Crippen molar-refractivity contribution >= 4 is 72.6 Å². The van der Waals surface area contributed by atoms with Gasteiger partial charge in [0.25, 0.3) is 11.8 Å². The minimum atomic E-state index is -0.740. The summed E-state index contributed by atoms with van der Waals surface area (Å²) < 4.78 is 2.09. The van der Waals surface area contributed by atoms with Crippen LogP contribution in [0.4, 0.5) is 5.69 Å². The van der Waals surface area contributed by atoms with Crippen LogP contribution in [-0.2, 0) is 0 Å². The Morgan fingerprint density at radius 1 is 1.19 bits per heavy atom. The Hall–Kier alpha value is -1.94. The molecular formula is C16H9Br2Cl2N5O2. The van der Waals surface area contributed by atoms with Gasteiger partial charge in [-0.05, 0) is 56.1 Å². The van der Waals surface area contributed by atoms with Crippen LogP contribution >= 0.6 is 55.1 Å². The fourth-order valence-electron chi connectivity index (χ4n) is 2.28. The number of hydrogen-bond donors (Lipinski definition) is 2. The van der Waals surface area contributed by atoms with Crippen molar-refractivity contribution in [1.82, 2.24) is 14.8 Å². The van der Waals surface area contributed by atoms with Gasteiger partial charge in [-0.25, -0.2) is 9.67 Å². The summed E-state index contributed by atoms with van der Waals surface area (Å²) in [5.74, 6) is -1.02. The Bertz CT molecular complexity index is 1070. The van der Waals surface area contributed by atoms with Gasteiger partial charge in [0, 0.05) is 21.8 Å². The first-order chi connectivity index (χ1) is 12.8. The van der Waals surface area contributed by atoms with Gasteiger partial charge in [0.05, 0.1) is 16.3 Å². The fourth-order valence-corrected chi connectivity index (χ4v) is 3.77. The zero-order valence-corrected chi connectivity index (χ0v) is 17.9. The third-order valence-electron chi connectivity index (χ3n) is 3.41. The van der Waals surface area contributed by atoms with E-state index in [9.17, 15) is 9.59 Å². The van der Waals surface area contributed by atoms with Gasteiger partial charge in [-0.3, -0.25) is 9.59 Å². The second-order valence-corrected chi connectivity index (χ2v) is 7.71. The lowest BCUT2D eigenvalue weighted by Gasteiger charge is -2.13. The van der Waals surface area contributed by atoms with E-state index in [4.69, 9.17) is 28.9 Å². The molecule has 2 heterocycles. The van der Waals surface area contributed by atoms with Crippen LogP contribution in [0.5, 0.6) is 0 Å². The van der Waals surface area contributed by atoms with Crippen molar-refractivity contribution in [3.05, 3.63) is 66.9 Å². The molecule has 0 atom stereocenters. The summed E-state index contributed by atoms with van der Waals surface area (Å²) in [6, 6.07) is 7.68. The van der Waals surface area contributed by atoms with Gasteiger partial charge in [-0.15, -0.1) is 0 Å². The molecular weight excluding hydrogens is 525 g/mol. The van der Waals surface area contributed by atoms with E-state index in [1.807, 2.05) is 0 Å². The third kappa shape index (κ3) is 4.16. The molecule has 0 aliphatic rings. The van der Waals surface area contributed by atoms with Gasteiger partial charge in [0.1, 0.15) is 10.3 Å². The van der Waals surface area contributed by atoms with Gasteiger partial charge < -0.3 is 11.1 Å². The first-order valence-electron chi connectivity index (χ1n) is 7.24. The van der Waals surface area contributed by atoms with E-state index in [0.29, 0.717) is 19.1 Å². The van der Waals surface area contributed by atoms with Gasteiger partial charge in [-0.2, -0.15) is 5.10 Å². The molecule has 3 rings (SSSR count). The van der Waals surface area contributed by atoms with Gasteiger partial charge in [0.15, 0.2) is 5.82 Å². The highest BCUT2D eigenvalue weighted by Gasteiger charge is 2.22. The maximum Gasteiger partial charge on any atom is 0.274 e. The number of anilines is 1. The van der Waals surface area contributed by atoms with E-state index in [0.717, 1.165) is 0 Å². The second kappa shape index (κ2) is 7.97. The number of nitrogens with zero attached hydrogens (tertiary/aromatic N) is 3. The van der Waals surface area contributed by atoms with Crippen molar-refractivity contribution in [2.75, 3.05) is 5.32 Å². The SMILES string of the molecule is NC(=O)c1cc(Cl)cc(Br)c1NC(=O)c1cc(Br)nn1-c1ncccc1Cl. The first-order valence-corrected chi connectivity index (χ1v) is 9.58. The normalized spacial score (nSPS) is 10.7. The van der Waals surface area contributed by atoms with Crippen LogP contribution in [0, 0.1) is 0 Å². The highest BCUT2D eigenvalue weighted by atomic mass is 79.9. The highest BCUT2D eigenvalue weighted by molar-refractivity contribution is 9.10. The number of aromatic nitrogens is 3. The van der Waals surface area contributed by atoms with E-state index in [1.54, 1.807) is 12.1 Å². The molecule has 0 saturated carbocycles. The molecule has 0 aliphatic carbocycles. The molecule has 0 fully saturated rings. The zero-order chi connectivity index (χ0) is 19.7. The minimum Gasteiger partial charge on any atom is -0.366 e. The second-order valence-electron chi connectivity index (χ2n) is 5.20. The standard InChI is InChI=1S/C16H9Br2Cl2N5O2/c17-9-5-7(19)4-8(14(21)26)13(9)23-16(27)11-6-12(18)24-25(11)15-10(20)2-1-3-22-15/h1-6H,(H2,21,26)(H,23,27). The van der Waals surface area contributed by atoms with Crippen LogP contribution in [0.1, 0.15) is 20.8 Å². The maximum absolute atomic E-state index is 12.9. The lowest BCUT2D eigenvalue weighted by molar-refractivity contribution is 0.100. The Morgan fingerprint density at radius 2 is 1.93 bits per heavy atom. The van der Waals surface area contributed by atoms with Gasteiger partial charge in [-0.1, -0.05) is 23.2 Å². The Balaban J connectivity index is 2.05. The Labute approximate surface area is 180 Å². The lowest BCUT2D eigenvalue weighted by Crippen LogP contribution is -2.21. The molecule has 0 aliphatic heterocycles. The topological polar surface area (TPSA) is 103 Å². The molecule has 0 spiro atoms. The largest absolute Gasteiger partial charge is 0.366 e. The van der Waals surface area contributed by atoms with Crippen molar-refractivity contribution in [2.24, 2.45) is 5.73 Å². The monoisotopic (exact) mass is 531 g/mol. The summed E-state index contributed by atoms with van der Waals surface area (Å²) in [5.41, 5.74) is 5.77. The number of carbonyl (C=O) groups is 2. The molecule has 138 valence electrons. The van der Waals surface area contributed by atoms with Crippen LogP contribution in [0.25, 0.3) is 5.82 Å². The van der Waals surface area contributed by atoms with Crippen molar-refractivity contribution in [2.45, 2.75) is 0 Å². The number of carbonyl (C=O) groups excluding carboxylic acids is 2. The Kier molecular flexibility index (Phi) is 5.85. The molecule has 7 nitrogen and oxygen atoms in total. The van der Waals surface area contributed by atoms with Crippen molar-refractivity contribution < 1.29 is 9.59 Å². The summed E-state index contributed by atoms with van der Waals surface area (Å²) in [5, 5.41) is 7.45. The zero-order valence-electron chi connectivity index (χ0n) is 13.2. The van der Waals surface area contributed by atoms with E-state index in [1.165, 1.54) is 29.1 Å². The molecule has 2 aromatic heterocycles. The smallest absolute Gasteiger partial charge is 0.274 e. The Morgan fingerprint density at radius 3 is 2.59 bits per heavy atom. The van der Waals surface area contributed by atoms with E-state index < -0.39 is 11.8 Å². The van der Waals surface area contributed by atoms with E-state index >= 15 is 0 Å². The number of rotatable bonds is 4. The number of halogens is 4. The fraction of sp³-hybridized carbons (Fsp3) is 0. The molecule has 0 saturated heterocycles. The summed E-state index contributed by atoms with van der Waals surface area (Å²) in [6.07, 6.45) is 1.53. The molecule has 0 unspecified atom stereocenters. The molecule has 0 radical (unpaired) electrons. The molecule has 11 heteroatoms. The lowest BCUT2D eigenvalue weighted by atomic mass is 10.1. The van der Waals surface area contributed by atoms with Crippen LogP contribution in [0.15, 0.2) is 45.6 Å². The number of benzene rings is 1. The summed E-state index contributed by atoms with van der Waals surface area (Å²) in [7, 11) is 0. The number of nitrogens with one attached hydrogen (secondary N) is 1. The number of pyridine rings is 1. The third-order valence-corrected chi connectivity index (χ3v) is 4.94. The number of hydrogen-bond acceptors (Lipinski definition) is 4. The average Bonchev–Trinajstić information content (AvgIpc) is 2.99. The number of amides is 2. The van der Waals surface area contributed by atoms with Crippen molar-refractivity contribution in [3.63, 3.8) is 0 Å². The first kappa shape index (κ1) is 19.8. The van der Waals surface area contributed by atoms with Crippen molar-refractivity contribution in [1.29, 1.82) is 0 Å². The number of nitrogens with two attached hydrogens (primary N) is 1. The number of primary amides is 1. The summed E-state index contributed by atoms with van der Waals surface area (Å²) >= 11 is 18.6. The van der Waals surface area contributed by atoms with E-state index in [-0.39, 0.29) is 22.8 Å². The predicted octanol–water partition coefficient (Wildman–Crippen LogP) is 4.45. The van der Waals surface area contributed by atoms with Crippen LogP contribution in [0.3, 0.4) is 0 Å². The quantitative estimate of drug-likeness (QED) is 0.517.